The molecular weight excluding hydrogens is 806 g/mol. The number of halogens is 2. The van der Waals surface area contributed by atoms with E-state index in [1.165, 1.54) is 89.3 Å². The van der Waals surface area contributed by atoms with Gasteiger partial charge in [-0.3, -0.25) is 0 Å². The first kappa shape index (κ1) is 42.9. The lowest BCUT2D eigenvalue weighted by atomic mass is 9.67. The van der Waals surface area contributed by atoms with Gasteiger partial charge in [-0.15, -0.1) is 0 Å². The number of para-hydroxylation sites is 2. The molecule has 322 valence electrons. The van der Waals surface area contributed by atoms with Crippen LogP contribution >= 0.6 is 23.2 Å². The van der Waals surface area contributed by atoms with Gasteiger partial charge in [0.1, 0.15) is 0 Å². The summed E-state index contributed by atoms with van der Waals surface area (Å²) in [6.45, 7) is 3.28. The topological polar surface area (TPSA) is 28.0 Å². The Morgan fingerprint density at radius 3 is 1.94 bits per heavy atom. The molecule has 5 nitrogen and oxygen atoms in total. The van der Waals surface area contributed by atoms with Crippen LogP contribution in [0.3, 0.4) is 0 Å². The van der Waals surface area contributed by atoms with E-state index in [1.54, 1.807) is 14.2 Å². The smallest absolute Gasteiger partial charge is 0.209 e. The first-order valence-electron chi connectivity index (χ1n) is 23.2. The summed E-state index contributed by atoms with van der Waals surface area (Å²) < 4.78 is 13.8. The third-order valence-electron chi connectivity index (χ3n) is 14.4. The van der Waals surface area contributed by atoms with Crippen molar-refractivity contribution >= 4 is 51.7 Å². The minimum atomic E-state index is -0.0516. The van der Waals surface area contributed by atoms with Crippen LogP contribution in [-0.2, 0) is 20.3 Å². The summed E-state index contributed by atoms with van der Waals surface area (Å²) in [6.07, 6.45) is 25.8. The standard InChI is InChI=1S/C55H62Cl2N3O2/c1-61-37-15-35-58-49-27-25-43(56)39-47(49)54(31-11-5-12-32-54)51(58)29-23-41-21-22-42(53(41)60(45-17-7-3-8-18-45)46-19-9-4-10-20-46)24-30-52-55(33-13-6-14-34-55)48-40-44(57)26-28-50(48)59(52)36-16-38-62-2/h3-4,7-10,17-20,23-30,39-40H,5-6,11-16,21-22,31-38H2,1-2H3/q+1. The second-order valence-electron chi connectivity index (χ2n) is 17.9. The summed E-state index contributed by atoms with van der Waals surface area (Å²) >= 11 is 13.6. The zero-order valence-electron chi connectivity index (χ0n) is 36.7. The lowest BCUT2D eigenvalue weighted by molar-refractivity contribution is -0.439. The van der Waals surface area contributed by atoms with Crippen LogP contribution in [-0.4, -0.2) is 50.8 Å². The summed E-state index contributed by atoms with van der Waals surface area (Å²) in [7, 11) is 3.61. The van der Waals surface area contributed by atoms with Crippen molar-refractivity contribution in [2.75, 3.05) is 50.3 Å². The molecule has 2 fully saturated rings. The van der Waals surface area contributed by atoms with Crippen molar-refractivity contribution in [2.24, 2.45) is 0 Å². The number of nitrogens with zero attached hydrogens (tertiary/aromatic N) is 3. The van der Waals surface area contributed by atoms with E-state index >= 15 is 0 Å². The van der Waals surface area contributed by atoms with Gasteiger partial charge in [0.2, 0.25) is 5.69 Å². The number of benzene rings is 4. The van der Waals surface area contributed by atoms with Gasteiger partial charge >= 0.3 is 0 Å². The molecule has 0 radical (unpaired) electrons. The molecule has 7 heteroatoms. The van der Waals surface area contributed by atoms with E-state index < -0.39 is 0 Å². The summed E-state index contributed by atoms with van der Waals surface area (Å²) in [5.41, 5.74) is 14.4. The summed E-state index contributed by atoms with van der Waals surface area (Å²) in [5.74, 6) is 0. The molecule has 0 unspecified atom stereocenters. The van der Waals surface area contributed by atoms with Gasteiger partial charge in [0.05, 0.1) is 17.7 Å². The quantitative estimate of drug-likeness (QED) is 0.0932. The number of allylic oxidation sites excluding steroid dienone is 7. The van der Waals surface area contributed by atoms with Crippen LogP contribution in [0.25, 0.3) is 0 Å². The van der Waals surface area contributed by atoms with E-state index in [1.807, 2.05) is 0 Å². The minimum Gasteiger partial charge on any atom is -0.385 e. The molecule has 2 aliphatic heterocycles. The van der Waals surface area contributed by atoms with Crippen molar-refractivity contribution in [1.82, 2.24) is 0 Å². The van der Waals surface area contributed by atoms with Gasteiger partial charge in [0.15, 0.2) is 12.3 Å². The van der Waals surface area contributed by atoms with Crippen molar-refractivity contribution in [3.63, 3.8) is 0 Å². The second-order valence-corrected chi connectivity index (χ2v) is 18.8. The van der Waals surface area contributed by atoms with Crippen molar-refractivity contribution < 1.29 is 14.0 Å². The fourth-order valence-electron chi connectivity index (χ4n) is 11.6. The van der Waals surface area contributed by atoms with Crippen LogP contribution in [0.4, 0.5) is 22.7 Å². The summed E-state index contributed by atoms with van der Waals surface area (Å²) in [6, 6.07) is 35.1. The van der Waals surface area contributed by atoms with E-state index in [4.69, 9.17) is 32.7 Å². The zero-order valence-corrected chi connectivity index (χ0v) is 38.2. The molecule has 0 N–H and O–H groups in total. The van der Waals surface area contributed by atoms with Crippen LogP contribution in [0.1, 0.15) is 101 Å². The molecule has 9 rings (SSSR count). The zero-order chi connectivity index (χ0) is 42.5. The SMILES string of the molecule is COCCCN1/C(=C/C=C2\CCC(/C=C/C3=[N+](CCCOC)c4ccc(Cl)cc4C34CCCCC4)=C2N(c2ccccc2)c2ccccc2)C2(CCCCC2)c2cc(Cl)ccc21. The normalized spacial score (nSPS) is 20.4. The third kappa shape index (κ3) is 8.15. The highest BCUT2D eigenvalue weighted by atomic mass is 35.5. The molecule has 5 aliphatic rings. The Kier molecular flexibility index (Phi) is 13.2. The number of anilines is 3. The highest BCUT2D eigenvalue weighted by molar-refractivity contribution is 6.31. The summed E-state index contributed by atoms with van der Waals surface area (Å²) in [4.78, 5) is 5.11. The number of hydrogen-bond donors (Lipinski definition) is 0. The lowest BCUT2D eigenvalue weighted by Gasteiger charge is -2.37. The average molecular weight is 868 g/mol. The van der Waals surface area contributed by atoms with Gasteiger partial charge < -0.3 is 19.3 Å². The molecule has 4 aromatic rings. The Morgan fingerprint density at radius 2 is 1.27 bits per heavy atom. The molecule has 3 aliphatic carbocycles. The average Bonchev–Trinajstić information content (AvgIpc) is 3.89. The number of methoxy groups -OCH3 is 2. The fourth-order valence-corrected chi connectivity index (χ4v) is 12.0. The Labute approximate surface area is 380 Å². The highest BCUT2D eigenvalue weighted by Gasteiger charge is 2.52. The van der Waals surface area contributed by atoms with E-state index in [0.29, 0.717) is 0 Å². The molecule has 0 saturated heterocycles. The number of ether oxygens (including phenoxy) is 2. The van der Waals surface area contributed by atoms with E-state index in [2.05, 4.69) is 136 Å². The molecule has 2 spiro atoms. The molecule has 0 atom stereocenters. The molecule has 2 saturated carbocycles. The molecule has 62 heavy (non-hydrogen) atoms. The van der Waals surface area contributed by atoms with Crippen molar-refractivity contribution in [3.05, 3.63) is 165 Å². The molecule has 0 amide bonds. The van der Waals surface area contributed by atoms with Crippen LogP contribution in [0.15, 0.2) is 144 Å². The second kappa shape index (κ2) is 19.2. The Morgan fingerprint density at radius 1 is 0.661 bits per heavy atom. The number of hydrogen-bond acceptors (Lipinski definition) is 4. The first-order chi connectivity index (χ1) is 30.5. The maximum absolute atomic E-state index is 6.81. The maximum atomic E-state index is 6.81. The van der Waals surface area contributed by atoms with Gasteiger partial charge in [-0.2, -0.15) is 4.58 Å². The van der Waals surface area contributed by atoms with Crippen LogP contribution in [0.2, 0.25) is 10.0 Å². The van der Waals surface area contributed by atoms with Gasteiger partial charge in [0.25, 0.3) is 0 Å². The van der Waals surface area contributed by atoms with Gasteiger partial charge in [-0.25, -0.2) is 0 Å². The van der Waals surface area contributed by atoms with Gasteiger partial charge in [-0.05, 0) is 122 Å². The lowest BCUT2D eigenvalue weighted by Crippen LogP contribution is -2.36. The first-order valence-corrected chi connectivity index (χ1v) is 24.0. The highest BCUT2D eigenvalue weighted by Crippen LogP contribution is 2.56. The van der Waals surface area contributed by atoms with Crippen LogP contribution in [0, 0.1) is 0 Å². The Bertz CT molecular complexity index is 2350. The maximum Gasteiger partial charge on any atom is 0.209 e. The molecule has 0 aromatic heterocycles. The van der Waals surface area contributed by atoms with Crippen LogP contribution < -0.4 is 9.80 Å². The number of fused-ring (bicyclic) bond motifs is 4. The molecule has 0 bridgehead atoms. The Balaban J connectivity index is 1.22. The predicted octanol–water partition coefficient (Wildman–Crippen LogP) is 14.3. The fraction of sp³-hybridized carbons (Fsp3) is 0.400. The van der Waals surface area contributed by atoms with Crippen LogP contribution in [0.5, 0.6) is 0 Å². The van der Waals surface area contributed by atoms with Crippen molar-refractivity contribution in [3.8, 4) is 0 Å². The summed E-state index contributed by atoms with van der Waals surface area (Å²) in [5, 5.41) is 1.64. The van der Waals surface area contributed by atoms with Gasteiger partial charge in [0, 0.05) is 89.7 Å². The number of rotatable bonds is 14. The monoisotopic (exact) mass is 866 g/mol. The third-order valence-corrected chi connectivity index (χ3v) is 14.8. The molecule has 2 heterocycles. The molecule has 4 aromatic carbocycles. The van der Waals surface area contributed by atoms with Crippen molar-refractivity contribution in [1.29, 1.82) is 0 Å². The van der Waals surface area contributed by atoms with E-state index in [0.717, 1.165) is 99.1 Å². The molecular formula is C55H62Cl2N3O2+. The van der Waals surface area contributed by atoms with E-state index in [-0.39, 0.29) is 10.8 Å². The van der Waals surface area contributed by atoms with E-state index in [9.17, 15) is 0 Å². The Hall–Kier alpha value is -4.39. The van der Waals surface area contributed by atoms with Crippen molar-refractivity contribution in [2.45, 2.75) is 101 Å². The van der Waals surface area contributed by atoms with Gasteiger partial charge in [-0.1, -0.05) is 110 Å². The largest absolute Gasteiger partial charge is 0.385 e. The predicted molar refractivity (Wildman–Crippen MR) is 259 cm³/mol. The minimum absolute atomic E-state index is 0.0516.